The predicted octanol–water partition coefficient (Wildman–Crippen LogP) is 9.30. The number of allylic oxidation sites excluding steroid dienone is 9. The number of benzene rings is 1. The van der Waals surface area contributed by atoms with Gasteiger partial charge in [0.15, 0.2) is 0 Å². The third kappa shape index (κ3) is 12.7. The SMILES string of the molecule is CC\C=C(\N=C/C=C(C)/C(/C=C/CC)=C1\CCC\C1=C(\C)NCc1cccc(C(=O)NC)c1)N(C(=O)OC(C)(C)C)C(=O)OC(C)(C)C. The Balaban J connectivity index is 2.48. The summed E-state index contributed by atoms with van der Waals surface area (Å²) in [6.07, 6.45) is 12.2. The van der Waals surface area contributed by atoms with Crippen LogP contribution in [0.15, 0.2) is 87.4 Å². The van der Waals surface area contributed by atoms with Crippen molar-refractivity contribution in [3.63, 3.8) is 0 Å². The fraction of sp³-hybridized carbons (Fsp3) is 0.487. The first kappa shape index (κ1) is 39.8. The molecule has 2 rings (SSSR count). The summed E-state index contributed by atoms with van der Waals surface area (Å²) in [6, 6.07) is 7.63. The largest absolute Gasteiger partial charge is 0.443 e. The van der Waals surface area contributed by atoms with Gasteiger partial charge in [-0.3, -0.25) is 4.79 Å². The van der Waals surface area contributed by atoms with Crippen molar-refractivity contribution in [3.05, 3.63) is 93.5 Å². The van der Waals surface area contributed by atoms with Gasteiger partial charge < -0.3 is 20.1 Å². The van der Waals surface area contributed by atoms with Crippen LogP contribution in [0.2, 0.25) is 0 Å². The molecule has 262 valence electrons. The molecule has 1 aromatic carbocycles. The average Bonchev–Trinajstić information content (AvgIpc) is 3.48. The minimum atomic E-state index is -0.855. The van der Waals surface area contributed by atoms with Gasteiger partial charge in [-0.25, -0.2) is 14.6 Å². The first-order chi connectivity index (χ1) is 22.5. The summed E-state index contributed by atoms with van der Waals surface area (Å²) in [5.41, 5.74) is 5.81. The van der Waals surface area contributed by atoms with Gasteiger partial charge in [0.1, 0.15) is 17.0 Å². The van der Waals surface area contributed by atoms with Crippen LogP contribution in [0.5, 0.6) is 0 Å². The first-order valence-electron chi connectivity index (χ1n) is 16.8. The fourth-order valence-electron chi connectivity index (χ4n) is 5.04. The maximum Gasteiger partial charge on any atom is 0.425 e. The van der Waals surface area contributed by atoms with Crippen molar-refractivity contribution >= 4 is 24.3 Å². The second-order valence-electron chi connectivity index (χ2n) is 13.7. The summed E-state index contributed by atoms with van der Waals surface area (Å²) in [5.74, 6) is 0.0242. The van der Waals surface area contributed by atoms with Gasteiger partial charge in [0.2, 0.25) is 0 Å². The number of amides is 3. The van der Waals surface area contributed by atoms with E-state index in [1.54, 1.807) is 60.9 Å². The predicted molar refractivity (Wildman–Crippen MR) is 195 cm³/mol. The topological polar surface area (TPSA) is 109 Å². The number of aliphatic imine (C=N–C) groups is 1. The van der Waals surface area contributed by atoms with E-state index >= 15 is 0 Å². The summed E-state index contributed by atoms with van der Waals surface area (Å²) < 4.78 is 11.1. The van der Waals surface area contributed by atoms with Gasteiger partial charge >= 0.3 is 12.2 Å². The molecule has 1 aliphatic carbocycles. The smallest absolute Gasteiger partial charge is 0.425 e. The lowest BCUT2D eigenvalue weighted by Crippen LogP contribution is -2.42. The number of nitrogens with one attached hydrogen (secondary N) is 2. The summed E-state index contributed by atoms with van der Waals surface area (Å²) in [4.78, 5) is 44.0. The first-order valence-corrected chi connectivity index (χ1v) is 16.8. The highest BCUT2D eigenvalue weighted by molar-refractivity contribution is 5.94. The number of imide groups is 1. The van der Waals surface area contributed by atoms with Crippen molar-refractivity contribution in [2.24, 2.45) is 4.99 Å². The molecule has 0 spiro atoms. The Morgan fingerprint density at radius 2 is 1.56 bits per heavy atom. The molecule has 0 radical (unpaired) electrons. The molecule has 0 bridgehead atoms. The van der Waals surface area contributed by atoms with Crippen LogP contribution in [0.25, 0.3) is 0 Å². The number of ether oxygens (including phenoxy) is 2. The van der Waals surface area contributed by atoms with Crippen LogP contribution < -0.4 is 10.6 Å². The number of nitrogens with zero attached hydrogens (tertiary/aromatic N) is 2. The highest BCUT2D eigenvalue weighted by Crippen LogP contribution is 2.37. The minimum Gasteiger partial charge on any atom is -0.443 e. The molecule has 48 heavy (non-hydrogen) atoms. The zero-order valence-electron chi connectivity index (χ0n) is 30.9. The Hall–Kier alpha value is -4.40. The van der Waals surface area contributed by atoms with E-state index in [9.17, 15) is 14.4 Å². The molecular formula is C39H56N4O5. The van der Waals surface area contributed by atoms with Crippen molar-refractivity contribution in [2.45, 2.75) is 119 Å². The van der Waals surface area contributed by atoms with Gasteiger partial charge in [-0.2, -0.15) is 4.90 Å². The minimum absolute atomic E-state index is 0.106. The lowest BCUT2D eigenvalue weighted by Gasteiger charge is -2.28. The van der Waals surface area contributed by atoms with Crippen LogP contribution in [0, 0.1) is 0 Å². The van der Waals surface area contributed by atoms with E-state index in [0.29, 0.717) is 18.5 Å². The molecule has 0 saturated heterocycles. The number of carbonyl (C=O) groups is 3. The maximum atomic E-state index is 13.2. The van der Waals surface area contributed by atoms with Gasteiger partial charge in [0.25, 0.3) is 5.91 Å². The van der Waals surface area contributed by atoms with E-state index in [0.717, 1.165) is 53.0 Å². The monoisotopic (exact) mass is 660 g/mol. The molecule has 1 saturated carbocycles. The second-order valence-corrected chi connectivity index (χ2v) is 13.7. The molecule has 3 amide bonds. The summed E-state index contributed by atoms with van der Waals surface area (Å²) >= 11 is 0. The lowest BCUT2D eigenvalue weighted by molar-refractivity contribution is 0.00804. The van der Waals surface area contributed by atoms with Crippen molar-refractivity contribution in [2.75, 3.05) is 7.05 Å². The molecule has 0 unspecified atom stereocenters. The number of rotatable bonds is 11. The Kier molecular flexibility index (Phi) is 15.1. The third-order valence-corrected chi connectivity index (χ3v) is 7.21. The van der Waals surface area contributed by atoms with Crippen molar-refractivity contribution < 1.29 is 23.9 Å². The molecule has 0 aliphatic heterocycles. The van der Waals surface area contributed by atoms with Gasteiger partial charge in [0, 0.05) is 31.1 Å². The van der Waals surface area contributed by atoms with Crippen LogP contribution >= 0.6 is 0 Å². The van der Waals surface area contributed by atoms with Crippen molar-refractivity contribution in [1.29, 1.82) is 0 Å². The normalized spacial score (nSPS) is 16.6. The second kappa shape index (κ2) is 18.2. The van der Waals surface area contributed by atoms with E-state index in [2.05, 4.69) is 41.6 Å². The molecule has 9 nitrogen and oxygen atoms in total. The fourth-order valence-corrected chi connectivity index (χ4v) is 5.04. The highest BCUT2D eigenvalue weighted by Gasteiger charge is 2.34. The summed E-state index contributed by atoms with van der Waals surface area (Å²) in [5, 5.41) is 6.27. The molecule has 2 N–H and O–H groups in total. The zero-order chi connectivity index (χ0) is 36.1. The molecular weight excluding hydrogens is 604 g/mol. The lowest BCUT2D eigenvalue weighted by atomic mass is 9.95. The zero-order valence-corrected chi connectivity index (χ0v) is 30.9. The van der Waals surface area contributed by atoms with Gasteiger partial charge in [-0.05, 0) is 140 Å². The van der Waals surface area contributed by atoms with Crippen molar-refractivity contribution in [3.8, 4) is 0 Å². The molecule has 1 fully saturated rings. The van der Waals surface area contributed by atoms with E-state index in [4.69, 9.17) is 9.47 Å². The van der Waals surface area contributed by atoms with E-state index in [1.165, 1.54) is 11.1 Å². The van der Waals surface area contributed by atoms with Crippen LogP contribution in [0.4, 0.5) is 9.59 Å². The van der Waals surface area contributed by atoms with E-state index in [-0.39, 0.29) is 11.7 Å². The maximum absolute atomic E-state index is 13.2. The van der Waals surface area contributed by atoms with Crippen LogP contribution in [0.1, 0.15) is 117 Å². The standard InChI is InChI=1S/C39H56N4O5/c1-12-14-20-31(33-22-16-21-32(33)28(4)42-26-29-18-15-19-30(25-29)35(44)40-11)27(3)23-24-41-34(17-13-2)43(36(45)47-38(5,6)7)37(46)48-39(8,9)10/h14-15,17-20,23-25,42H,12-13,16,21-22,26H2,1-11H3,(H,40,44)/b20-14+,27-23+,32-28+,33-31+,34-17-,41-24-. The number of hydrogen-bond acceptors (Lipinski definition) is 7. The highest BCUT2D eigenvalue weighted by atomic mass is 16.6. The van der Waals surface area contributed by atoms with Crippen molar-refractivity contribution in [1.82, 2.24) is 15.5 Å². The number of carbonyl (C=O) groups excluding carboxylic acids is 3. The summed E-state index contributed by atoms with van der Waals surface area (Å²) in [7, 11) is 1.63. The Bertz CT molecular complexity index is 1470. The molecule has 9 heteroatoms. The van der Waals surface area contributed by atoms with E-state index < -0.39 is 23.4 Å². The van der Waals surface area contributed by atoms with Gasteiger partial charge in [-0.15, -0.1) is 0 Å². The summed E-state index contributed by atoms with van der Waals surface area (Å²) in [6.45, 7) is 19.2. The Morgan fingerprint density at radius 1 is 0.938 bits per heavy atom. The Morgan fingerprint density at radius 3 is 2.12 bits per heavy atom. The third-order valence-electron chi connectivity index (χ3n) is 7.21. The molecule has 0 atom stereocenters. The molecule has 1 aliphatic rings. The molecule has 0 heterocycles. The van der Waals surface area contributed by atoms with E-state index in [1.807, 2.05) is 44.2 Å². The number of hydrogen-bond donors (Lipinski definition) is 2. The molecule has 1 aromatic rings. The van der Waals surface area contributed by atoms with Crippen LogP contribution in [-0.4, -0.2) is 47.5 Å². The molecule has 0 aromatic heterocycles. The van der Waals surface area contributed by atoms with Gasteiger partial charge in [0.05, 0.1) is 0 Å². The van der Waals surface area contributed by atoms with Crippen LogP contribution in [-0.2, 0) is 16.0 Å². The van der Waals surface area contributed by atoms with Gasteiger partial charge in [-0.1, -0.05) is 38.1 Å². The Labute approximate surface area is 287 Å². The van der Waals surface area contributed by atoms with Crippen LogP contribution in [0.3, 0.4) is 0 Å². The average molecular weight is 661 g/mol. The quantitative estimate of drug-likeness (QED) is 0.229.